The average Bonchev–Trinajstić information content (AvgIpc) is 2.27. The average molecular weight is 281 g/mol. The van der Waals surface area contributed by atoms with Crippen molar-refractivity contribution in [1.29, 1.82) is 0 Å². The van der Waals surface area contributed by atoms with E-state index in [2.05, 4.69) is 12.6 Å². The summed E-state index contributed by atoms with van der Waals surface area (Å²) in [4.78, 5) is 0. The van der Waals surface area contributed by atoms with Crippen LogP contribution in [0.5, 0.6) is 0 Å². The zero-order chi connectivity index (χ0) is 13.9. The first-order chi connectivity index (χ1) is 8.27. The fraction of sp³-hybridized carbons (Fsp3) is 0.455. The van der Waals surface area contributed by atoms with Crippen molar-refractivity contribution in [3.05, 3.63) is 29.3 Å². The summed E-state index contributed by atoms with van der Waals surface area (Å²) in [6.07, 6.45) is -6.70. The van der Waals surface area contributed by atoms with Crippen molar-refractivity contribution >= 4 is 18.3 Å². The summed E-state index contributed by atoms with van der Waals surface area (Å²) in [5.74, 6) is 0.346. The molecule has 7 heteroatoms. The number of aliphatic hydroxyl groups excluding tert-OH is 2. The number of nitrogen functional groups attached to an aromatic ring is 1. The van der Waals surface area contributed by atoms with Crippen LogP contribution >= 0.6 is 12.6 Å². The summed E-state index contributed by atoms with van der Waals surface area (Å²) >= 11 is 3.90. The van der Waals surface area contributed by atoms with Gasteiger partial charge < -0.3 is 15.9 Å². The van der Waals surface area contributed by atoms with Gasteiger partial charge in [-0.25, -0.2) is 0 Å². The van der Waals surface area contributed by atoms with E-state index in [-0.39, 0.29) is 17.7 Å². The number of rotatable bonds is 4. The molecule has 0 spiro atoms. The number of nitrogens with two attached hydrogens (primary N) is 1. The van der Waals surface area contributed by atoms with Gasteiger partial charge in [0.25, 0.3) is 0 Å². The van der Waals surface area contributed by atoms with Crippen molar-refractivity contribution in [3.63, 3.8) is 0 Å². The van der Waals surface area contributed by atoms with Gasteiger partial charge in [0, 0.05) is 11.3 Å². The van der Waals surface area contributed by atoms with Gasteiger partial charge in [0.1, 0.15) is 6.10 Å². The van der Waals surface area contributed by atoms with Crippen molar-refractivity contribution in [2.75, 3.05) is 11.5 Å². The Morgan fingerprint density at radius 1 is 1.28 bits per heavy atom. The predicted molar refractivity (Wildman–Crippen MR) is 65.3 cm³/mol. The Bertz CT molecular complexity index is 412. The molecular weight excluding hydrogens is 267 g/mol. The Kier molecular flexibility index (Phi) is 4.89. The molecule has 4 N–H and O–H groups in total. The minimum Gasteiger partial charge on any atom is -0.398 e. The summed E-state index contributed by atoms with van der Waals surface area (Å²) < 4.78 is 37.2. The number of anilines is 1. The van der Waals surface area contributed by atoms with Crippen LogP contribution in [0.1, 0.15) is 23.7 Å². The van der Waals surface area contributed by atoms with E-state index in [1.54, 1.807) is 0 Å². The zero-order valence-electron chi connectivity index (χ0n) is 9.35. The van der Waals surface area contributed by atoms with E-state index < -0.39 is 23.9 Å². The molecule has 3 nitrogen and oxygen atoms in total. The first-order valence-electron chi connectivity index (χ1n) is 5.21. The van der Waals surface area contributed by atoms with Gasteiger partial charge in [0.15, 0.2) is 0 Å². The molecule has 0 amide bonds. The van der Waals surface area contributed by atoms with E-state index in [1.165, 1.54) is 0 Å². The fourth-order valence-corrected chi connectivity index (χ4v) is 1.78. The summed E-state index contributed by atoms with van der Waals surface area (Å²) in [5, 5.41) is 19.3. The molecule has 2 atom stereocenters. The van der Waals surface area contributed by atoms with Crippen LogP contribution in [-0.4, -0.2) is 22.1 Å². The number of aliphatic hydroxyl groups is 2. The maximum absolute atomic E-state index is 12.4. The lowest BCUT2D eigenvalue weighted by atomic mass is 9.99. The lowest BCUT2D eigenvalue weighted by Gasteiger charge is -2.20. The number of benzene rings is 1. The molecule has 1 aromatic rings. The molecule has 0 bridgehead atoms. The monoisotopic (exact) mass is 281 g/mol. The molecule has 0 aliphatic carbocycles. The minimum absolute atomic E-state index is 0.0808. The van der Waals surface area contributed by atoms with E-state index in [1.807, 2.05) is 0 Å². The van der Waals surface area contributed by atoms with Gasteiger partial charge in [-0.15, -0.1) is 0 Å². The van der Waals surface area contributed by atoms with Gasteiger partial charge in [0.2, 0.25) is 0 Å². The molecule has 1 rings (SSSR count). The molecule has 2 unspecified atom stereocenters. The van der Waals surface area contributed by atoms with Crippen LogP contribution < -0.4 is 5.73 Å². The third kappa shape index (κ3) is 3.54. The molecule has 0 saturated heterocycles. The third-order valence-corrected chi connectivity index (χ3v) is 2.78. The SMILES string of the molecule is Nc1cc(C(F)(F)F)ccc1C(O)C(O)CCS. The number of alkyl halides is 3. The topological polar surface area (TPSA) is 66.5 Å². The molecule has 18 heavy (non-hydrogen) atoms. The van der Waals surface area contributed by atoms with Crippen LogP contribution in [0, 0.1) is 0 Å². The molecule has 0 aliphatic rings. The minimum atomic E-state index is -4.48. The van der Waals surface area contributed by atoms with Crippen molar-refractivity contribution in [3.8, 4) is 0 Å². The van der Waals surface area contributed by atoms with Crippen LogP contribution in [0.15, 0.2) is 18.2 Å². The number of thiol groups is 1. The van der Waals surface area contributed by atoms with Gasteiger partial charge in [-0.1, -0.05) is 6.07 Å². The Morgan fingerprint density at radius 2 is 1.89 bits per heavy atom. The molecule has 0 radical (unpaired) electrons. The Morgan fingerprint density at radius 3 is 2.33 bits per heavy atom. The van der Waals surface area contributed by atoms with E-state index in [4.69, 9.17) is 5.73 Å². The Balaban J connectivity index is 2.99. The van der Waals surface area contributed by atoms with Gasteiger partial charge in [-0.2, -0.15) is 25.8 Å². The van der Waals surface area contributed by atoms with E-state index in [9.17, 15) is 23.4 Å². The zero-order valence-corrected chi connectivity index (χ0v) is 10.2. The third-order valence-electron chi connectivity index (χ3n) is 2.52. The maximum atomic E-state index is 12.4. The lowest BCUT2D eigenvalue weighted by Crippen LogP contribution is -2.20. The first-order valence-corrected chi connectivity index (χ1v) is 5.84. The van der Waals surface area contributed by atoms with E-state index in [0.29, 0.717) is 5.75 Å². The largest absolute Gasteiger partial charge is 0.416 e. The van der Waals surface area contributed by atoms with Crippen molar-refractivity contribution in [2.24, 2.45) is 0 Å². The van der Waals surface area contributed by atoms with Gasteiger partial charge >= 0.3 is 6.18 Å². The van der Waals surface area contributed by atoms with Crippen LogP contribution in [0.2, 0.25) is 0 Å². The normalized spacial score (nSPS) is 15.4. The van der Waals surface area contributed by atoms with Crippen LogP contribution in [0.3, 0.4) is 0 Å². The highest BCUT2D eigenvalue weighted by atomic mass is 32.1. The van der Waals surface area contributed by atoms with E-state index in [0.717, 1.165) is 18.2 Å². The quantitative estimate of drug-likeness (QED) is 0.504. The molecular formula is C11H14F3NO2S. The second-order valence-electron chi connectivity index (χ2n) is 3.87. The smallest absolute Gasteiger partial charge is 0.398 e. The molecule has 0 saturated carbocycles. The summed E-state index contributed by atoms with van der Waals surface area (Å²) in [5.41, 5.74) is 4.46. The number of hydrogen-bond donors (Lipinski definition) is 4. The van der Waals surface area contributed by atoms with E-state index >= 15 is 0 Å². The first kappa shape index (κ1) is 15.1. The van der Waals surface area contributed by atoms with Crippen LogP contribution in [-0.2, 0) is 6.18 Å². The predicted octanol–water partition coefficient (Wildman–Crippen LogP) is 2.00. The van der Waals surface area contributed by atoms with Gasteiger partial charge in [-0.05, 0) is 24.3 Å². The second-order valence-corrected chi connectivity index (χ2v) is 4.31. The highest BCUT2D eigenvalue weighted by molar-refractivity contribution is 7.80. The molecule has 0 fully saturated rings. The Labute approximate surface area is 108 Å². The summed E-state index contributed by atoms with van der Waals surface area (Å²) in [7, 11) is 0. The Hall–Kier alpha value is -0.920. The standard InChI is InChI=1S/C11H14F3NO2S/c12-11(13,14)6-1-2-7(8(15)5-6)10(17)9(16)3-4-18/h1-2,5,9-10,16-18H,3-4,15H2. The molecule has 1 aromatic carbocycles. The highest BCUT2D eigenvalue weighted by Gasteiger charge is 2.31. The van der Waals surface area contributed by atoms with Gasteiger partial charge in [0.05, 0.1) is 11.7 Å². The number of hydrogen-bond acceptors (Lipinski definition) is 4. The summed E-state index contributed by atoms with van der Waals surface area (Å²) in [6, 6.07) is 2.64. The van der Waals surface area contributed by atoms with Crippen molar-refractivity contribution in [2.45, 2.75) is 24.8 Å². The molecule has 0 aromatic heterocycles. The molecule has 0 heterocycles. The number of halogens is 3. The summed E-state index contributed by atoms with van der Waals surface area (Å²) in [6.45, 7) is 0. The van der Waals surface area contributed by atoms with Crippen LogP contribution in [0.4, 0.5) is 18.9 Å². The van der Waals surface area contributed by atoms with Crippen molar-refractivity contribution in [1.82, 2.24) is 0 Å². The van der Waals surface area contributed by atoms with Crippen LogP contribution in [0.25, 0.3) is 0 Å². The lowest BCUT2D eigenvalue weighted by molar-refractivity contribution is -0.137. The second kappa shape index (κ2) is 5.81. The molecule has 102 valence electrons. The maximum Gasteiger partial charge on any atom is 0.416 e. The van der Waals surface area contributed by atoms with Gasteiger partial charge in [-0.3, -0.25) is 0 Å². The highest BCUT2D eigenvalue weighted by Crippen LogP contribution is 2.33. The molecule has 0 aliphatic heterocycles. The fourth-order valence-electron chi connectivity index (χ4n) is 1.52. The van der Waals surface area contributed by atoms with Crippen molar-refractivity contribution < 1.29 is 23.4 Å².